The SMILES string of the molecule is Cn1nc2c(c1-c1cc(F)cc(F)c1)CCN(C(=O)c1ccc3ncccc3c1)C2. The van der Waals surface area contributed by atoms with Crippen molar-refractivity contribution in [3.05, 3.63) is 83.2 Å². The van der Waals surface area contributed by atoms with Crippen LogP contribution in [0.5, 0.6) is 0 Å². The molecule has 0 radical (unpaired) electrons. The van der Waals surface area contributed by atoms with Crippen molar-refractivity contribution < 1.29 is 13.6 Å². The van der Waals surface area contributed by atoms with Crippen LogP contribution in [0.4, 0.5) is 8.78 Å². The second-order valence-electron chi connectivity index (χ2n) is 7.44. The topological polar surface area (TPSA) is 51.0 Å². The average molecular weight is 404 g/mol. The number of hydrogen-bond acceptors (Lipinski definition) is 3. The largest absolute Gasteiger partial charge is 0.332 e. The van der Waals surface area contributed by atoms with Crippen molar-refractivity contribution >= 4 is 16.8 Å². The van der Waals surface area contributed by atoms with Crippen molar-refractivity contribution in [3.63, 3.8) is 0 Å². The first-order valence-corrected chi connectivity index (χ1v) is 9.65. The summed E-state index contributed by atoms with van der Waals surface area (Å²) in [4.78, 5) is 19.1. The summed E-state index contributed by atoms with van der Waals surface area (Å²) in [6.07, 6.45) is 2.29. The summed E-state index contributed by atoms with van der Waals surface area (Å²) >= 11 is 0. The number of aryl methyl sites for hydroxylation is 1. The van der Waals surface area contributed by atoms with Crippen molar-refractivity contribution in [1.82, 2.24) is 19.7 Å². The zero-order valence-corrected chi connectivity index (χ0v) is 16.3. The zero-order chi connectivity index (χ0) is 20.8. The van der Waals surface area contributed by atoms with Crippen LogP contribution >= 0.6 is 0 Å². The molecular weight excluding hydrogens is 386 g/mol. The maximum atomic E-state index is 13.7. The van der Waals surface area contributed by atoms with E-state index in [0.29, 0.717) is 36.3 Å². The van der Waals surface area contributed by atoms with Gasteiger partial charge in [0.2, 0.25) is 0 Å². The smallest absolute Gasteiger partial charge is 0.254 e. The molecule has 2 aromatic carbocycles. The van der Waals surface area contributed by atoms with E-state index < -0.39 is 11.6 Å². The molecule has 1 aliphatic rings. The van der Waals surface area contributed by atoms with Crippen LogP contribution in [0.1, 0.15) is 21.6 Å². The Morgan fingerprint density at radius 3 is 2.67 bits per heavy atom. The number of carbonyl (C=O) groups is 1. The summed E-state index contributed by atoms with van der Waals surface area (Å²) in [5, 5.41) is 5.44. The Morgan fingerprint density at radius 1 is 1.07 bits per heavy atom. The summed E-state index contributed by atoms with van der Waals surface area (Å²) in [6, 6.07) is 12.7. The lowest BCUT2D eigenvalue weighted by atomic mass is 9.99. The third kappa shape index (κ3) is 3.12. The van der Waals surface area contributed by atoms with E-state index in [-0.39, 0.29) is 5.91 Å². The van der Waals surface area contributed by atoms with Crippen molar-refractivity contribution in [1.29, 1.82) is 0 Å². The van der Waals surface area contributed by atoms with E-state index in [2.05, 4.69) is 10.1 Å². The molecule has 0 fully saturated rings. The molecule has 1 aliphatic heterocycles. The lowest BCUT2D eigenvalue weighted by Crippen LogP contribution is -2.36. The van der Waals surface area contributed by atoms with Gasteiger partial charge in [0.1, 0.15) is 11.6 Å². The standard InChI is InChI=1S/C23H18F2N4O/c1-28-22(16-10-17(24)12-18(25)11-16)19-6-8-29(13-21(19)27-28)23(30)15-4-5-20-14(9-15)3-2-7-26-20/h2-5,7,9-12H,6,8,13H2,1H3. The number of hydrogen-bond donors (Lipinski definition) is 0. The number of pyridine rings is 1. The minimum absolute atomic E-state index is 0.0737. The number of nitrogens with zero attached hydrogens (tertiary/aromatic N) is 4. The van der Waals surface area contributed by atoms with Gasteiger partial charge in [-0.15, -0.1) is 0 Å². The molecule has 30 heavy (non-hydrogen) atoms. The minimum atomic E-state index is -0.627. The van der Waals surface area contributed by atoms with Crippen LogP contribution < -0.4 is 0 Å². The zero-order valence-electron chi connectivity index (χ0n) is 16.3. The highest BCUT2D eigenvalue weighted by molar-refractivity contribution is 5.98. The number of halogens is 2. The first-order chi connectivity index (χ1) is 14.5. The molecule has 0 unspecified atom stereocenters. The van der Waals surface area contributed by atoms with Gasteiger partial charge in [-0.3, -0.25) is 14.5 Å². The summed E-state index contributed by atoms with van der Waals surface area (Å²) in [5.74, 6) is -1.33. The van der Waals surface area contributed by atoms with Gasteiger partial charge in [0.05, 0.1) is 23.4 Å². The Bertz CT molecular complexity index is 1280. The van der Waals surface area contributed by atoms with E-state index in [1.807, 2.05) is 24.3 Å². The average Bonchev–Trinajstić information content (AvgIpc) is 3.07. The van der Waals surface area contributed by atoms with Crippen molar-refractivity contribution in [2.45, 2.75) is 13.0 Å². The summed E-state index contributed by atoms with van der Waals surface area (Å²) in [5.41, 5.74) is 4.25. The highest BCUT2D eigenvalue weighted by Crippen LogP contribution is 2.31. The molecule has 1 amide bonds. The van der Waals surface area contributed by atoms with Crippen molar-refractivity contribution in [3.8, 4) is 11.3 Å². The molecule has 150 valence electrons. The Hall–Kier alpha value is -3.61. The molecule has 0 saturated carbocycles. The predicted octanol–water partition coefficient (Wildman–Crippen LogP) is 4.11. The lowest BCUT2D eigenvalue weighted by Gasteiger charge is -2.27. The van der Waals surface area contributed by atoms with E-state index in [4.69, 9.17) is 0 Å². The normalized spacial score (nSPS) is 13.5. The molecule has 2 aromatic heterocycles. The number of benzene rings is 2. The maximum Gasteiger partial charge on any atom is 0.254 e. The van der Waals surface area contributed by atoms with Gasteiger partial charge >= 0.3 is 0 Å². The molecule has 0 N–H and O–H groups in total. The molecule has 0 atom stereocenters. The summed E-state index contributed by atoms with van der Waals surface area (Å²) < 4.78 is 29.1. The highest BCUT2D eigenvalue weighted by Gasteiger charge is 2.28. The van der Waals surface area contributed by atoms with Gasteiger partial charge in [0.15, 0.2) is 0 Å². The number of aromatic nitrogens is 3. The quantitative estimate of drug-likeness (QED) is 0.505. The summed E-state index contributed by atoms with van der Waals surface area (Å²) in [6.45, 7) is 0.859. The van der Waals surface area contributed by atoms with Crippen LogP contribution in [0, 0.1) is 11.6 Å². The second kappa shape index (κ2) is 7.02. The van der Waals surface area contributed by atoms with Gasteiger partial charge in [0.25, 0.3) is 5.91 Å². The maximum absolute atomic E-state index is 13.7. The fourth-order valence-electron chi connectivity index (χ4n) is 4.14. The molecule has 3 heterocycles. The van der Waals surface area contributed by atoms with Crippen LogP contribution in [0.3, 0.4) is 0 Å². The molecule has 0 bridgehead atoms. The highest BCUT2D eigenvalue weighted by atomic mass is 19.1. The van der Waals surface area contributed by atoms with Gasteiger partial charge in [-0.25, -0.2) is 8.78 Å². The van der Waals surface area contributed by atoms with Gasteiger partial charge in [-0.1, -0.05) is 6.07 Å². The predicted molar refractivity (Wildman–Crippen MR) is 109 cm³/mol. The monoisotopic (exact) mass is 404 g/mol. The number of carbonyl (C=O) groups excluding carboxylic acids is 1. The minimum Gasteiger partial charge on any atom is -0.332 e. The Labute approximate surface area is 171 Å². The molecule has 0 spiro atoms. The van der Waals surface area contributed by atoms with Crippen LogP contribution in [-0.4, -0.2) is 32.1 Å². The van der Waals surface area contributed by atoms with Gasteiger partial charge in [-0.05, 0) is 42.8 Å². The van der Waals surface area contributed by atoms with Crippen LogP contribution in [-0.2, 0) is 20.0 Å². The molecular formula is C23H18F2N4O. The third-order valence-electron chi connectivity index (χ3n) is 5.47. The van der Waals surface area contributed by atoms with E-state index in [9.17, 15) is 13.6 Å². The number of rotatable bonds is 2. The van der Waals surface area contributed by atoms with E-state index in [0.717, 1.165) is 28.2 Å². The van der Waals surface area contributed by atoms with Gasteiger partial charge < -0.3 is 4.90 Å². The third-order valence-corrected chi connectivity index (χ3v) is 5.47. The fourth-order valence-corrected chi connectivity index (χ4v) is 4.14. The molecule has 7 heteroatoms. The summed E-state index contributed by atoms with van der Waals surface area (Å²) in [7, 11) is 1.75. The first-order valence-electron chi connectivity index (χ1n) is 9.65. The first kappa shape index (κ1) is 18.4. The van der Waals surface area contributed by atoms with Crippen LogP contribution in [0.15, 0.2) is 54.7 Å². The molecule has 0 saturated heterocycles. The van der Waals surface area contributed by atoms with Crippen LogP contribution in [0.25, 0.3) is 22.2 Å². The van der Waals surface area contributed by atoms with E-state index in [1.165, 1.54) is 12.1 Å². The number of fused-ring (bicyclic) bond motifs is 2. The Kier molecular flexibility index (Phi) is 4.31. The Morgan fingerprint density at radius 2 is 1.87 bits per heavy atom. The van der Waals surface area contributed by atoms with Crippen molar-refractivity contribution in [2.75, 3.05) is 6.54 Å². The van der Waals surface area contributed by atoms with E-state index in [1.54, 1.807) is 28.9 Å². The molecule has 5 nitrogen and oxygen atoms in total. The van der Waals surface area contributed by atoms with E-state index >= 15 is 0 Å². The Balaban J connectivity index is 1.46. The molecule has 5 rings (SSSR count). The number of amides is 1. The fraction of sp³-hybridized carbons (Fsp3) is 0.174. The molecule has 0 aliphatic carbocycles. The van der Waals surface area contributed by atoms with Gasteiger partial charge in [0, 0.05) is 47.9 Å². The second-order valence-corrected chi connectivity index (χ2v) is 7.44. The van der Waals surface area contributed by atoms with Gasteiger partial charge in [-0.2, -0.15) is 5.10 Å². The van der Waals surface area contributed by atoms with Crippen molar-refractivity contribution in [2.24, 2.45) is 7.05 Å². The van der Waals surface area contributed by atoms with Crippen LogP contribution in [0.2, 0.25) is 0 Å². The lowest BCUT2D eigenvalue weighted by molar-refractivity contribution is 0.0732. The molecule has 4 aromatic rings.